The molecule has 4 rings (SSSR count). The van der Waals surface area contributed by atoms with Crippen LogP contribution >= 0.6 is 0 Å². The fourth-order valence-corrected chi connectivity index (χ4v) is 2.87. The van der Waals surface area contributed by atoms with E-state index >= 15 is 0 Å². The first-order valence-corrected chi connectivity index (χ1v) is 8.32. The van der Waals surface area contributed by atoms with E-state index in [-0.39, 0.29) is 11.5 Å². The lowest BCUT2D eigenvalue weighted by atomic mass is 10.1. The first kappa shape index (κ1) is 16.7. The van der Waals surface area contributed by atoms with Gasteiger partial charge in [0.1, 0.15) is 28.7 Å². The molecule has 0 atom stereocenters. The Kier molecular flexibility index (Phi) is 4.01. The number of benzene rings is 2. The van der Waals surface area contributed by atoms with Gasteiger partial charge in [-0.05, 0) is 31.2 Å². The number of aromatic amines is 1. The molecule has 0 aliphatic heterocycles. The quantitative estimate of drug-likeness (QED) is 0.511. The van der Waals surface area contributed by atoms with E-state index < -0.39 is 11.2 Å². The molecule has 3 N–H and O–H groups in total. The van der Waals surface area contributed by atoms with E-state index in [2.05, 4.69) is 9.97 Å². The molecule has 0 aliphatic rings. The van der Waals surface area contributed by atoms with Gasteiger partial charge >= 0.3 is 0 Å². The highest BCUT2D eigenvalue weighted by atomic mass is 16.4. The fourth-order valence-electron chi connectivity index (χ4n) is 2.87. The Morgan fingerprint density at radius 1 is 0.963 bits per heavy atom. The third kappa shape index (κ3) is 3.08. The molecule has 4 aromatic rings. The van der Waals surface area contributed by atoms with Crippen molar-refractivity contribution in [3.8, 4) is 45.6 Å². The Labute approximate surface area is 154 Å². The Bertz CT molecular complexity index is 1160. The molecule has 6 nitrogen and oxygen atoms in total. The van der Waals surface area contributed by atoms with Crippen LogP contribution in [-0.4, -0.2) is 20.2 Å². The van der Waals surface area contributed by atoms with E-state index in [4.69, 9.17) is 4.42 Å². The van der Waals surface area contributed by atoms with Gasteiger partial charge in [-0.3, -0.25) is 4.79 Å². The van der Waals surface area contributed by atoms with Gasteiger partial charge in [-0.1, -0.05) is 30.3 Å². The molecule has 134 valence electrons. The molecule has 0 spiro atoms. The first-order valence-electron chi connectivity index (χ1n) is 8.32. The van der Waals surface area contributed by atoms with Crippen molar-refractivity contribution < 1.29 is 14.6 Å². The summed E-state index contributed by atoms with van der Waals surface area (Å²) in [5.74, 6) is 0.617. The minimum absolute atomic E-state index is 0.0383. The third-order valence-electron chi connectivity index (χ3n) is 4.16. The standard InChI is InChI=1S/C21H16N2O4/c1-12-11-16(25)19(26)20(27-12)18-17(13-5-3-2-4-6-13)22-21(23-18)14-7-9-15(24)10-8-14/h2-11,24,26H,1H3,(H,22,23). The Balaban J connectivity index is 1.98. The summed E-state index contributed by atoms with van der Waals surface area (Å²) in [5, 5.41) is 19.8. The maximum absolute atomic E-state index is 12.0. The van der Waals surface area contributed by atoms with Gasteiger partial charge in [0.05, 0.1) is 0 Å². The minimum Gasteiger partial charge on any atom is -0.508 e. The summed E-state index contributed by atoms with van der Waals surface area (Å²) in [5.41, 5.74) is 1.97. The zero-order valence-corrected chi connectivity index (χ0v) is 14.4. The van der Waals surface area contributed by atoms with Gasteiger partial charge in [-0.15, -0.1) is 0 Å². The van der Waals surface area contributed by atoms with Crippen LogP contribution in [0.2, 0.25) is 0 Å². The molecule has 2 heterocycles. The Morgan fingerprint density at radius 3 is 2.37 bits per heavy atom. The molecule has 0 unspecified atom stereocenters. The average Bonchev–Trinajstić information content (AvgIpc) is 3.11. The van der Waals surface area contributed by atoms with Crippen molar-refractivity contribution in [1.82, 2.24) is 9.97 Å². The van der Waals surface area contributed by atoms with Crippen LogP contribution in [0.4, 0.5) is 0 Å². The van der Waals surface area contributed by atoms with Gasteiger partial charge in [-0.2, -0.15) is 0 Å². The summed E-state index contributed by atoms with van der Waals surface area (Å²) in [7, 11) is 0. The number of phenolic OH excluding ortho intramolecular Hbond substituents is 1. The highest BCUT2D eigenvalue weighted by Crippen LogP contribution is 2.36. The largest absolute Gasteiger partial charge is 0.508 e. The molecule has 0 saturated carbocycles. The summed E-state index contributed by atoms with van der Waals surface area (Å²) in [6, 6.07) is 17.2. The van der Waals surface area contributed by atoms with Crippen LogP contribution in [0.15, 0.2) is 69.9 Å². The van der Waals surface area contributed by atoms with Gasteiger partial charge in [0.15, 0.2) is 5.76 Å². The van der Waals surface area contributed by atoms with Gasteiger partial charge in [0.2, 0.25) is 11.2 Å². The highest BCUT2D eigenvalue weighted by Gasteiger charge is 2.21. The van der Waals surface area contributed by atoms with E-state index in [1.165, 1.54) is 6.07 Å². The smallest absolute Gasteiger partial charge is 0.227 e. The SMILES string of the molecule is Cc1cc(=O)c(O)c(-c2[nH]c(-c3ccc(O)cc3)nc2-c2ccccc2)o1. The molecule has 0 amide bonds. The second-order valence-corrected chi connectivity index (χ2v) is 6.12. The number of aromatic nitrogens is 2. The monoisotopic (exact) mass is 360 g/mol. The molecular formula is C21H16N2O4. The van der Waals surface area contributed by atoms with Crippen LogP contribution in [-0.2, 0) is 0 Å². The van der Waals surface area contributed by atoms with Crippen molar-refractivity contribution in [2.24, 2.45) is 0 Å². The number of hydrogen-bond acceptors (Lipinski definition) is 5. The maximum Gasteiger partial charge on any atom is 0.227 e. The number of aryl methyl sites for hydroxylation is 1. The minimum atomic E-state index is -0.520. The molecule has 0 aliphatic carbocycles. The van der Waals surface area contributed by atoms with Gasteiger partial charge in [0, 0.05) is 17.2 Å². The first-order chi connectivity index (χ1) is 13.0. The van der Waals surface area contributed by atoms with Crippen molar-refractivity contribution in [2.75, 3.05) is 0 Å². The summed E-state index contributed by atoms with van der Waals surface area (Å²) in [4.78, 5) is 19.8. The van der Waals surface area contributed by atoms with Crippen LogP contribution < -0.4 is 5.43 Å². The van der Waals surface area contributed by atoms with Gasteiger partial charge in [0.25, 0.3) is 0 Å². The van der Waals surface area contributed by atoms with Crippen LogP contribution in [0.3, 0.4) is 0 Å². The number of imidazole rings is 1. The molecule has 0 fully saturated rings. The van der Waals surface area contributed by atoms with Crippen molar-refractivity contribution in [2.45, 2.75) is 6.92 Å². The molecular weight excluding hydrogens is 344 g/mol. The van der Waals surface area contributed by atoms with Gasteiger partial charge < -0.3 is 19.6 Å². The lowest BCUT2D eigenvalue weighted by Gasteiger charge is -2.05. The van der Waals surface area contributed by atoms with Crippen molar-refractivity contribution in [3.63, 3.8) is 0 Å². The average molecular weight is 360 g/mol. The summed E-state index contributed by atoms with van der Waals surface area (Å²) >= 11 is 0. The number of nitrogens with one attached hydrogen (secondary N) is 1. The van der Waals surface area contributed by atoms with E-state index in [0.717, 1.165) is 11.1 Å². The molecule has 0 radical (unpaired) electrons. The predicted molar refractivity (Wildman–Crippen MR) is 101 cm³/mol. The summed E-state index contributed by atoms with van der Waals surface area (Å²) < 4.78 is 5.64. The lowest BCUT2D eigenvalue weighted by molar-refractivity contribution is 0.429. The van der Waals surface area contributed by atoms with Crippen LogP contribution in [0.5, 0.6) is 11.5 Å². The van der Waals surface area contributed by atoms with Crippen molar-refractivity contribution in [1.29, 1.82) is 0 Å². The Morgan fingerprint density at radius 2 is 1.67 bits per heavy atom. The van der Waals surface area contributed by atoms with Gasteiger partial charge in [-0.25, -0.2) is 4.98 Å². The predicted octanol–water partition coefficient (Wildman–Crippen LogP) is 4.08. The number of phenols is 1. The van der Waals surface area contributed by atoms with Crippen LogP contribution in [0.25, 0.3) is 34.1 Å². The topological polar surface area (TPSA) is 99.3 Å². The third-order valence-corrected chi connectivity index (χ3v) is 4.16. The lowest BCUT2D eigenvalue weighted by Crippen LogP contribution is -2.01. The zero-order chi connectivity index (χ0) is 19.0. The van der Waals surface area contributed by atoms with E-state index in [0.29, 0.717) is 23.0 Å². The second-order valence-electron chi connectivity index (χ2n) is 6.12. The molecule has 0 saturated heterocycles. The number of rotatable bonds is 3. The molecule has 27 heavy (non-hydrogen) atoms. The van der Waals surface area contributed by atoms with Crippen LogP contribution in [0, 0.1) is 6.92 Å². The maximum atomic E-state index is 12.0. The summed E-state index contributed by atoms with van der Waals surface area (Å²) in [6.07, 6.45) is 0. The number of aromatic hydroxyl groups is 2. The molecule has 6 heteroatoms. The molecule has 2 aromatic carbocycles. The number of hydrogen-bond donors (Lipinski definition) is 3. The van der Waals surface area contributed by atoms with E-state index in [1.54, 1.807) is 31.2 Å². The molecule has 2 aromatic heterocycles. The van der Waals surface area contributed by atoms with E-state index in [9.17, 15) is 15.0 Å². The number of nitrogens with zero attached hydrogens (tertiary/aromatic N) is 1. The second kappa shape index (κ2) is 6.49. The highest BCUT2D eigenvalue weighted by molar-refractivity contribution is 5.81. The Hall–Kier alpha value is -3.80. The van der Waals surface area contributed by atoms with Crippen molar-refractivity contribution >= 4 is 0 Å². The van der Waals surface area contributed by atoms with E-state index in [1.807, 2.05) is 30.3 Å². The zero-order valence-electron chi connectivity index (χ0n) is 14.4. The fraction of sp³-hybridized carbons (Fsp3) is 0.0476. The summed E-state index contributed by atoms with van der Waals surface area (Å²) in [6.45, 7) is 1.64. The van der Waals surface area contributed by atoms with Crippen molar-refractivity contribution in [3.05, 3.63) is 76.6 Å². The number of H-pyrrole nitrogens is 1. The molecule has 0 bridgehead atoms. The van der Waals surface area contributed by atoms with Crippen LogP contribution in [0.1, 0.15) is 5.76 Å². The normalized spacial score (nSPS) is 10.9.